The molecule has 2 heterocycles. The molecule has 0 radical (unpaired) electrons. The van der Waals surface area contributed by atoms with Gasteiger partial charge in [-0.25, -0.2) is 0 Å². The van der Waals surface area contributed by atoms with Crippen molar-refractivity contribution in [3.63, 3.8) is 0 Å². The van der Waals surface area contributed by atoms with Crippen LogP contribution in [0.3, 0.4) is 0 Å². The number of nitriles is 1. The molecule has 2 aliphatic heterocycles. The van der Waals surface area contributed by atoms with Gasteiger partial charge >= 0.3 is 0 Å². The fraction of sp³-hybridized carbons (Fsp3) is 0.435. The molecule has 2 atom stereocenters. The van der Waals surface area contributed by atoms with Crippen LogP contribution in [-0.2, 0) is 11.3 Å². The van der Waals surface area contributed by atoms with Gasteiger partial charge in [0.05, 0.1) is 23.8 Å². The van der Waals surface area contributed by atoms with E-state index < -0.39 is 0 Å². The van der Waals surface area contributed by atoms with Crippen molar-refractivity contribution in [2.45, 2.75) is 25.2 Å². The Kier molecular flexibility index (Phi) is 6.23. The summed E-state index contributed by atoms with van der Waals surface area (Å²) in [5.74, 6) is 0. The van der Waals surface area contributed by atoms with Gasteiger partial charge in [0.15, 0.2) is 0 Å². The van der Waals surface area contributed by atoms with Crippen LogP contribution in [0.15, 0.2) is 54.6 Å². The van der Waals surface area contributed by atoms with Gasteiger partial charge < -0.3 is 10.1 Å². The first-order valence-corrected chi connectivity index (χ1v) is 10.2. The third kappa shape index (κ3) is 5.11. The number of nitrogens with zero attached hydrogens (tertiary/aromatic N) is 3. The summed E-state index contributed by atoms with van der Waals surface area (Å²) < 4.78 is 6.19. The van der Waals surface area contributed by atoms with Gasteiger partial charge in [-0.05, 0) is 36.2 Å². The lowest BCUT2D eigenvalue weighted by Crippen LogP contribution is -2.59. The molecule has 0 aliphatic carbocycles. The Hall–Kier alpha value is -2.39. The highest BCUT2D eigenvalue weighted by atomic mass is 16.5. The lowest BCUT2D eigenvalue weighted by atomic mass is 10.1. The third-order valence-electron chi connectivity index (χ3n) is 5.48. The molecule has 5 nitrogen and oxygen atoms in total. The summed E-state index contributed by atoms with van der Waals surface area (Å²) in [4.78, 5) is 5.09. The number of hydrogen-bond acceptors (Lipinski definition) is 5. The minimum absolute atomic E-state index is 0.322. The van der Waals surface area contributed by atoms with Crippen molar-refractivity contribution < 1.29 is 4.74 Å². The van der Waals surface area contributed by atoms with Gasteiger partial charge in [0.2, 0.25) is 0 Å². The van der Waals surface area contributed by atoms with Crippen LogP contribution in [0.5, 0.6) is 0 Å². The number of anilines is 1. The maximum atomic E-state index is 8.86. The first-order valence-electron chi connectivity index (χ1n) is 10.2. The molecule has 2 bridgehead atoms. The fourth-order valence-corrected chi connectivity index (χ4v) is 4.21. The number of nitrogens with one attached hydrogen (secondary N) is 1. The zero-order valence-electron chi connectivity index (χ0n) is 16.3. The predicted molar refractivity (Wildman–Crippen MR) is 111 cm³/mol. The van der Waals surface area contributed by atoms with Gasteiger partial charge in [-0.1, -0.05) is 30.3 Å². The van der Waals surface area contributed by atoms with Crippen LogP contribution < -0.4 is 5.32 Å². The van der Waals surface area contributed by atoms with E-state index in [9.17, 15) is 0 Å². The number of rotatable bonds is 7. The molecule has 2 fully saturated rings. The van der Waals surface area contributed by atoms with Crippen LogP contribution in [0.2, 0.25) is 0 Å². The summed E-state index contributed by atoms with van der Waals surface area (Å²) in [6, 6.07) is 20.5. The number of ether oxygens (including phenoxy) is 1. The zero-order valence-corrected chi connectivity index (χ0v) is 16.3. The van der Waals surface area contributed by atoms with Gasteiger partial charge in [0.25, 0.3) is 0 Å². The molecule has 4 rings (SSSR count). The van der Waals surface area contributed by atoms with Gasteiger partial charge in [-0.15, -0.1) is 0 Å². The van der Waals surface area contributed by atoms with Crippen molar-refractivity contribution in [1.82, 2.24) is 9.80 Å². The molecular weight excluding hydrogens is 348 g/mol. The summed E-state index contributed by atoms with van der Waals surface area (Å²) >= 11 is 0. The molecule has 1 N–H and O–H groups in total. The highest BCUT2D eigenvalue weighted by molar-refractivity contribution is 5.47. The van der Waals surface area contributed by atoms with Crippen molar-refractivity contribution in [2.75, 3.05) is 44.6 Å². The zero-order chi connectivity index (χ0) is 19.2. The summed E-state index contributed by atoms with van der Waals surface area (Å²) in [5, 5.41) is 12.3. The van der Waals surface area contributed by atoms with Crippen molar-refractivity contribution in [2.24, 2.45) is 0 Å². The van der Waals surface area contributed by atoms with Crippen molar-refractivity contribution in [1.29, 1.82) is 5.26 Å². The van der Waals surface area contributed by atoms with Gasteiger partial charge in [-0.2, -0.15) is 5.26 Å². The Bertz CT molecular complexity index is 772. The van der Waals surface area contributed by atoms with Crippen LogP contribution in [0.1, 0.15) is 17.5 Å². The molecule has 28 heavy (non-hydrogen) atoms. The van der Waals surface area contributed by atoms with Gasteiger partial charge in [0.1, 0.15) is 0 Å². The summed E-state index contributed by atoms with van der Waals surface area (Å²) in [7, 11) is 0. The van der Waals surface area contributed by atoms with E-state index in [1.54, 1.807) is 0 Å². The van der Waals surface area contributed by atoms with E-state index in [-0.39, 0.29) is 0 Å². The normalized spacial score (nSPS) is 22.5. The molecular formula is C23H28N4O. The maximum absolute atomic E-state index is 8.86. The molecule has 0 saturated carbocycles. The molecule has 2 aromatic rings. The monoisotopic (exact) mass is 376 g/mol. The minimum Gasteiger partial charge on any atom is -0.385 e. The molecule has 0 amide bonds. The predicted octanol–water partition coefficient (Wildman–Crippen LogP) is 2.95. The maximum Gasteiger partial charge on any atom is 0.0991 e. The smallest absolute Gasteiger partial charge is 0.0991 e. The van der Waals surface area contributed by atoms with Crippen LogP contribution in [0.25, 0.3) is 0 Å². The van der Waals surface area contributed by atoms with Crippen LogP contribution in [-0.4, -0.2) is 61.3 Å². The molecule has 0 spiro atoms. The fourth-order valence-electron chi connectivity index (χ4n) is 4.21. The van der Waals surface area contributed by atoms with E-state index in [1.807, 2.05) is 24.3 Å². The largest absolute Gasteiger partial charge is 0.385 e. The molecule has 2 aromatic carbocycles. The average Bonchev–Trinajstić information content (AvgIpc) is 2.72. The Morgan fingerprint density at radius 3 is 2.29 bits per heavy atom. The highest BCUT2D eigenvalue weighted by Crippen LogP contribution is 2.21. The van der Waals surface area contributed by atoms with Gasteiger partial charge in [0, 0.05) is 51.5 Å². The van der Waals surface area contributed by atoms with Gasteiger partial charge in [-0.3, -0.25) is 9.80 Å². The molecule has 2 saturated heterocycles. The number of fused-ring (bicyclic) bond motifs is 2. The number of benzene rings is 2. The number of morpholine rings is 2. The van der Waals surface area contributed by atoms with Crippen LogP contribution in [0, 0.1) is 11.3 Å². The Balaban J connectivity index is 1.18. The van der Waals surface area contributed by atoms with E-state index in [4.69, 9.17) is 10.00 Å². The van der Waals surface area contributed by atoms with E-state index in [2.05, 4.69) is 51.5 Å². The summed E-state index contributed by atoms with van der Waals surface area (Å²) in [5.41, 5.74) is 3.16. The lowest BCUT2D eigenvalue weighted by Gasteiger charge is -2.46. The van der Waals surface area contributed by atoms with Crippen molar-refractivity contribution in [3.05, 3.63) is 65.7 Å². The van der Waals surface area contributed by atoms with E-state index in [0.29, 0.717) is 17.8 Å². The molecule has 2 unspecified atom stereocenters. The molecule has 146 valence electrons. The minimum atomic E-state index is 0.322. The highest BCUT2D eigenvalue weighted by Gasteiger charge is 2.34. The van der Waals surface area contributed by atoms with Crippen molar-refractivity contribution in [3.8, 4) is 6.07 Å². The first kappa shape index (κ1) is 18.9. The van der Waals surface area contributed by atoms with Crippen LogP contribution >= 0.6 is 0 Å². The van der Waals surface area contributed by atoms with E-state index in [1.165, 1.54) is 5.56 Å². The van der Waals surface area contributed by atoms with Crippen LogP contribution in [0.4, 0.5) is 5.69 Å². The lowest BCUT2D eigenvalue weighted by molar-refractivity contribution is -0.140. The topological polar surface area (TPSA) is 51.5 Å². The van der Waals surface area contributed by atoms with E-state index >= 15 is 0 Å². The first-order chi connectivity index (χ1) is 13.8. The second kappa shape index (κ2) is 9.20. The summed E-state index contributed by atoms with van der Waals surface area (Å²) in [6.45, 7) is 7.15. The Labute approximate surface area is 167 Å². The SMILES string of the molecule is N#Cc1ccc(NCCCN2CC3CN(Cc4ccccc4)CC(C2)O3)cc1. The Morgan fingerprint density at radius 2 is 1.61 bits per heavy atom. The summed E-state index contributed by atoms with van der Waals surface area (Å²) in [6.07, 6.45) is 1.75. The second-order valence-corrected chi connectivity index (χ2v) is 7.79. The second-order valence-electron chi connectivity index (χ2n) is 7.79. The molecule has 5 heteroatoms. The molecule has 0 aromatic heterocycles. The standard InChI is InChI=1S/C23H28N4O/c24-13-19-7-9-21(10-8-19)25-11-4-12-26-15-22-17-27(18-23(16-26)28-22)14-20-5-2-1-3-6-20/h1-3,5-10,22-23,25H,4,11-12,14-18H2. The van der Waals surface area contributed by atoms with E-state index in [0.717, 1.165) is 57.9 Å². The Morgan fingerprint density at radius 1 is 0.929 bits per heavy atom. The quantitative estimate of drug-likeness (QED) is 0.753. The third-order valence-corrected chi connectivity index (χ3v) is 5.48. The molecule has 2 aliphatic rings. The number of hydrogen-bond donors (Lipinski definition) is 1. The van der Waals surface area contributed by atoms with Crippen molar-refractivity contribution >= 4 is 5.69 Å². The average molecular weight is 377 g/mol.